The van der Waals surface area contributed by atoms with Gasteiger partial charge in [-0.3, -0.25) is 4.68 Å². The van der Waals surface area contributed by atoms with Crippen molar-refractivity contribution in [1.82, 2.24) is 19.7 Å². The third-order valence-corrected chi connectivity index (χ3v) is 2.79. The molecule has 6 heteroatoms. The molecule has 0 unspecified atom stereocenters. The predicted octanol–water partition coefficient (Wildman–Crippen LogP) is 1.55. The number of aryl methyl sites for hydroxylation is 1. The smallest absolute Gasteiger partial charge is 0.220 e. The molecule has 2 heterocycles. The zero-order valence-electron chi connectivity index (χ0n) is 8.18. The van der Waals surface area contributed by atoms with Crippen LogP contribution in [0.2, 0.25) is 0 Å². The summed E-state index contributed by atoms with van der Waals surface area (Å²) in [7, 11) is 0. The quantitative estimate of drug-likeness (QED) is 0.854. The molecule has 0 radical (unpaired) electrons. The lowest BCUT2D eigenvalue weighted by Gasteiger charge is -1.97. The van der Waals surface area contributed by atoms with Gasteiger partial charge in [-0.1, -0.05) is 0 Å². The van der Waals surface area contributed by atoms with E-state index in [0.29, 0.717) is 0 Å². The van der Waals surface area contributed by atoms with E-state index < -0.39 is 0 Å². The number of halogens is 1. The minimum atomic E-state index is 0.285. The molecule has 0 spiro atoms. The van der Waals surface area contributed by atoms with Gasteiger partial charge in [0, 0.05) is 18.9 Å². The average molecular weight is 315 g/mol. The summed E-state index contributed by atoms with van der Waals surface area (Å²) in [5.74, 6) is 0.285. The number of hydrogen-bond acceptors (Lipinski definition) is 4. The number of rotatable bonds is 2. The summed E-state index contributed by atoms with van der Waals surface area (Å²) < 4.78 is 2.79. The van der Waals surface area contributed by atoms with Crippen molar-refractivity contribution in [2.24, 2.45) is 0 Å². The van der Waals surface area contributed by atoms with Crippen molar-refractivity contribution in [3.8, 4) is 11.3 Å². The normalized spacial score (nSPS) is 10.5. The predicted molar refractivity (Wildman–Crippen MR) is 66.1 cm³/mol. The molecule has 0 fully saturated rings. The Kier molecular flexibility index (Phi) is 2.85. The Bertz CT molecular complexity index is 479. The molecule has 0 saturated carbocycles. The van der Waals surface area contributed by atoms with E-state index in [2.05, 4.69) is 37.7 Å². The fraction of sp³-hybridized carbons (Fsp3) is 0.222. The lowest BCUT2D eigenvalue weighted by molar-refractivity contribution is 0.655. The first-order chi connectivity index (χ1) is 7.20. The van der Waals surface area contributed by atoms with Gasteiger partial charge < -0.3 is 5.73 Å². The molecule has 2 aromatic heterocycles. The highest BCUT2D eigenvalue weighted by molar-refractivity contribution is 14.1. The molecule has 0 aliphatic carbocycles. The third-order valence-electron chi connectivity index (χ3n) is 1.99. The van der Waals surface area contributed by atoms with Crippen LogP contribution < -0.4 is 5.73 Å². The van der Waals surface area contributed by atoms with Gasteiger partial charge in [0.05, 0.1) is 11.3 Å². The molecule has 5 nitrogen and oxygen atoms in total. The van der Waals surface area contributed by atoms with Crippen LogP contribution in [0.25, 0.3) is 11.3 Å². The summed E-state index contributed by atoms with van der Waals surface area (Å²) in [6.07, 6.45) is 3.61. The fourth-order valence-electron chi connectivity index (χ4n) is 1.26. The lowest BCUT2D eigenvalue weighted by Crippen LogP contribution is -1.95. The van der Waals surface area contributed by atoms with E-state index in [1.54, 1.807) is 6.20 Å². The number of anilines is 1. The van der Waals surface area contributed by atoms with Crippen LogP contribution in [-0.2, 0) is 6.54 Å². The van der Waals surface area contributed by atoms with E-state index in [1.807, 2.05) is 23.9 Å². The number of nitrogens with two attached hydrogens (primary N) is 1. The van der Waals surface area contributed by atoms with E-state index in [0.717, 1.165) is 21.5 Å². The molecule has 2 rings (SSSR count). The first-order valence-corrected chi connectivity index (χ1v) is 5.60. The lowest BCUT2D eigenvalue weighted by atomic mass is 10.2. The van der Waals surface area contributed by atoms with Gasteiger partial charge >= 0.3 is 0 Å². The second-order valence-corrected chi connectivity index (χ2v) is 4.01. The van der Waals surface area contributed by atoms with Crippen molar-refractivity contribution >= 4 is 28.5 Å². The maximum atomic E-state index is 5.53. The Morgan fingerprint density at radius 1 is 1.53 bits per heavy atom. The maximum Gasteiger partial charge on any atom is 0.220 e. The van der Waals surface area contributed by atoms with Gasteiger partial charge in [0.25, 0.3) is 0 Å². The highest BCUT2D eigenvalue weighted by Gasteiger charge is 2.09. The molecular formula is C9H10IN5. The topological polar surface area (TPSA) is 69.6 Å². The van der Waals surface area contributed by atoms with Gasteiger partial charge in [-0.2, -0.15) is 5.10 Å². The monoisotopic (exact) mass is 315 g/mol. The first kappa shape index (κ1) is 10.3. The Morgan fingerprint density at radius 3 is 2.93 bits per heavy atom. The highest BCUT2D eigenvalue weighted by atomic mass is 127. The highest BCUT2D eigenvalue weighted by Crippen LogP contribution is 2.22. The standard InChI is InChI=1S/C9H10IN5/c1-2-15-5-6(8(10)14-15)7-3-4-12-9(11)13-7/h3-5H,2H2,1H3,(H2,11,12,13). The van der Waals surface area contributed by atoms with Crippen molar-refractivity contribution in [3.63, 3.8) is 0 Å². The summed E-state index contributed by atoms with van der Waals surface area (Å²) in [6, 6.07) is 1.83. The fourth-order valence-corrected chi connectivity index (χ4v) is 1.95. The molecular weight excluding hydrogens is 305 g/mol. The van der Waals surface area contributed by atoms with E-state index in [9.17, 15) is 0 Å². The zero-order valence-corrected chi connectivity index (χ0v) is 10.3. The molecule has 0 amide bonds. The Balaban J connectivity index is 2.48. The van der Waals surface area contributed by atoms with Crippen molar-refractivity contribution in [3.05, 3.63) is 22.2 Å². The van der Waals surface area contributed by atoms with Crippen LogP contribution in [0.1, 0.15) is 6.92 Å². The third kappa shape index (κ3) is 2.09. The van der Waals surface area contributed by atoms with Crippen LogP contribution in [0.3, 0.4) is 0 Å². The van der Waals surface area contributed by atoms with Crippen LogP contribution in [0.15, 0.2) is 18.5 Å². The molecule has 0 aliphatic rings. The molecule has 78 valence electrons. The van der Waals surface area contributed by atoms with Crippen LogP contribution >= 0.6 is 22.6 Å². The number of nitrogens with zero attached hydrogens (tertiary/aromatic N) is 4. The second kappa shape index (κ2) is 4.13. The largest absolute Gasteiger partial charge is 0.368 e. The zero-order chi connectivity index (χ0) is 10.8. The Hall–Kier alpha value is -1.18. The van der Waals surface area contributed by atoms with E-state index in [1.165, 1.54) is 0 Å². The maximum absolute atomic E-state index is 5.53. The molecule has 0 bridgehead atoms. The number of hydrogen-bond donors (Lipinski definition) is 1. The molecule has 0 aromatic carbocycles. The SMILES string of the molecule is CCn1cc(-c2ccnc(N)n2)c(I)n1. The minimum Gasteiger partial charge on any atom is -0.368 e. The van der Waals surface area contributed by atoms with E-state index in [-0.39, 0.29) is 5.95 Å². The molecule has 0 atom stereocenters. The summed E-state index contributed by atoms with van der Waals surface area (Å²) in [5, 5.41) is 4.34. The second-order valence-electron chi connectivity index (χ2n) is 2.99. The summed E-state index contributed by atoms with van der Waals surface area (Å²) >= 11 is 2.19. The number of nitrogen functional groups attached to an aromatic ring is 1. The Morgan fingerprint density at radius 2 is 2.33 bits per heavy atom. The van der Waals surface area contributed by atoms with Gasteiger partial charge in [-0.15, -0.1) is 0 Å². The van der Waals surface area contributed by atoms with Gasteiger partial charge in [0.1, 0.15) is 3.70 Å². The molecule has 2 aromatic rings. The van der Waals surface area contributed by atoms with Gasteiger partial charge in [0.15, 0.2) is 0 Å². The van der Waals surface area contributed by atoms with E-state index in [4.69, 9.17) is 5.73 Å². The minimum absolute atomic E-state index is 0.285. The van der Waals surface area contributed by atoms with Crippen molar-refractivity contribution in [1.29, 1.82) is 0 Å². The van der Waals surface area contributed by atoms with Crippen molar-refractivity contribution in [2.75, 3.05) is 5.73 Å². The summed E-state index contributed by atoms with van der Waals surface area (Å²) in [4.78, 5) is 8.02. The summed E-state index contributed by atoms with van der Waals surface area (Å²) in [5.41, 5.74) is 7.34. The molecule has 2 N–H and O–H groups in total. The Labute approximate surface area is 101 Å². The molecule has 0 saturated heterocycles. The van der Waals surface area contributed by atoms with Gasteiger partial charge in [-0.25, -0.2) is 9.97 Å². The summed E-state index contributed by atoms with van der Waals surface area (Å²) in [6.45, 7) is 2.89. The van der Waals surface area contributed by atoms with Crippen LogP contribution in [0.5, 0.6) is 0 Å². The van der Waals surface area contributed by atoms with Crippen molar-refractivity contribution in [2.45, 2.75) is 13.5 Å². The van der Waals surface area contributed by atoms with Crippen molar-refractivity contribution < 1.29 is 0 Å². The van der Waals surface area contributed by atoms with Crippen LogP contribution in [-0.4, -0.2) is 19.7 Å². The first-order valence-electron chi connectivity index (χ1n) is 4.52. The van der Waals surface area contributed by atoms with Crippen LogP contribution in [0.4, 0.5) is 5.95 Å². The van der Waals surface area contributed by atoms with Gasteiger partial charge in [-0.05, 0) is 35.6 Å². The molecule has 15 heavy (non-hydrogen) atoms. The average Bonchev–Trinajstić information content (AvgIpc) is 2.60. The number of aromatic nitrogens is 4. The van der Waals surface area contributed by atoms with E-state index >= 15 is 0 Å². The van der Waals surface area contributed by atoms with Gasteiger partial charge in [0.2, 0.25) is 5.95 Å². The van der Waals surface area contributed by atoms with Crippen LogP contribution in [0, 0.1) is 3.70 Å². The molecule has 0 aliphatic heterocycles.